The first-order chi connectivity index (χ1) is 7.16. The van der Waals surface area contributed by atoms with E-state index in [0.29, 0.717) is 0 Å². The van der Waals surface area contributed by atoms with E-state index < -0.39 is 0 Å². The molecule has 3 heteroatoms. The number of anilines is 2. The fourth-order valence-corrected chi connectivity index (χ4v) is 2.51. The van der Waals surface area contributed by atoms with Gasteiger partial charge in [-0.2, -0.15) is 0 Å². The van der Waals surface area contributed by atoms with Gasteiger partial charge in [-0.05, 0) is 30.4 Å². The first-order valence-corrected chi connectivity index (χ1v) is 5.62. The first kappa shape index (κ1) is 10.3. The van der Waals surface area contributed by atoms with Gasteiger partial charge in [0.15, 0.2) is 5.82 Å². The molecule has 0 radical (unpaired) electrons. The number of piperidine rings is 1. The zero-order valence-electron chi connectivity index (χ0n) is 9.48. The monoisotopic (exact) mass is 205 g/mol. The Balaban J connectivity index is 2.20. The lowest BCUT2D eigenvalue weighted by Crippen LogP contribution is -2.39. The third-order valence-corrected chi connectivity index (χ3v) is 2.99. The van der Waals surface area contributed by atoms with Crippen molar-refractivity contribution in [1.82, 2.24) is 4.98 Å². The van der Waals surface area contributed by atoms with Crippen LogP contribution in [0.2, 0.25) is 0 Å². The zero-order chi connectivity index (χ0) is 10.8. The summed E-state index contributed by atoms with van der Waals surface area (Å²) in [5.41, 5.74) is 6.73. The summed E-state index contributed by atoms with van der Waals surface area (Å²) in [6.07, 6.45) is 3.12. The van der Waals surface area contributed by atoms with Crippen molar-refractivity contribution in [3.05, 3.63) is 18.3 Å². The second kappa shape index (κ2) is 4.09. The summed E-state index contributed by atoms with van der Waals surface area (Å²) in [6, 6.07) is 3.81. The third kappa shape index (κ3) is 2.22. The number of hydrogen-bond acceptors (Lipinski definition) is 3. The second-order valence-electron chi connectivity index (χ2n) is 4.77. The van der Waals surface area contributed by atoms with Crippen LogP contribution < -0.4 is 10.6 Å². The van der Waals surface area contributed by atoms with E-state index in [4.69, 9.17) is 5.73 Å². The summed E-state index contributed by atoms with van der Waals surface area (Å²) < 4.78 is 0. The molecule has 2 rings (SSSR count). The highest BCUT2D eigenvalue weighted by molar-refractivity contribution is 5.62. The number of pyridine rings is 1. The largest absolute Gasteiger partial charge is 0.396 e. The fraction of sp³-hybridized carbons (Fsp3) is 0.583. The molecular formula is C12H19N3. The molecule has 82 valence electrons. The minimum Gasteiger partial charge on any atom is -0.396 e. The second-order valence-corrected chi connectivity index (χ2v) is 4.77. The summed E-state index contributed by atoms with van der Waals surface area (Å²) in [6.45, 7) is 6.74. The Morgan fingerprint density at radius 3 is 2.60 bits per heavy atom. The number of nitrogens with zero attached hydrogens (tertiary/aromatic N) is 2. The number of rotatable bonds is 1. The van der Waals surface area contributed by atoms with Crippen molar-refractivity contribution in [3.63, 3.8) is 0 Å². The molecule has 0 bridgehead atoms. The molecule has 0 amide bonds. The van der Waals surface area contributed by atoms with E-state index in [1.807, 2.05) is 18.3 Å². The normalized spacial score (nSPS) is 26.7. The van der Waals surface area contributed by atoms with Gasteiger partial charge in [-0.1, -0.05) is 13.8 Å². The molecule has 3 nitrogen and oxygen atoms in total. The molecule has 2 heterocycles. The van der Waals surface area contributed by atoms with E-state index in [9.17, 15) is 0 Å². The minimum absolute atomic E-state index is 0.732. The van der Waals surface area contributed by atoms with Crippen molar-refractivity contribution in [2.75, 3.05) is 23.7 Å². The molecule has 2 unspecified atom stereocenters. The summed E-state index contributed by atoms with van der Waals surface area (Å²) in [5.74, 6) is 2.42. The standard InChI is InChI=1S/C12H19N3/c1-9-6-10(2)8-15(7-9)12-11(13)4-3-5-14-12/h3-5,9-10H,6-8,13H2,1-2H3. The molecule has 2 N–H and O–H groups in total. The van der Waals surface area contributed by atoms with Crippen molar-refractivity contribution in [1.29, 1.82) is 0 Å². The van der Waals surface area contributed by atoms with Gasteiger partial charge >= 0.3 is 0 Å². The van der Waals surface area contributed by atoms with Crippen molar-refractivity contribution in [2.24, 2.45) is 11.8 Å². The van der Waals surface area contributed by atoms with Crippen molar-refractivity contribution >= 4 is 11.5 Å². The van der Waals surface area contributed by atoms with Crippen molar-refractivity contribution < 1.29 is 0 Å². The van der Waals surface area contributed by atoms with Gasteiger partial charge in [-0.3, -0.25) is 0 Å². The van der Waals surface area contributed by atoms with Crippen LogP contribution >= 0.6 is 0 Å². The summed E-state index contributed by atoms with van der Waals surface area (Å²) in [7, 11) is 0. The van der Waals surface area contributed by atoms with Gasteiger partial charge in [0.1, 0.15) is 0 Å². The molecule has 1 saturated heterocycles. The average Bonchev–Trinajstić information content (AvgIpc) is 2.16. The molecule has 0 saturated carbocycles. The van der Waals surface area contributed by atoms with Gasteiger partial charge in [0.25, 0.3) is 0 Å². The quantitative estimate of drug-likeness (QED) is 0.763. The Bertz CT molecular complexity index is 327. The molecule has 1 aromatic rings. The lowest BCUT2D eigenvalue weighted by atomic mass is 9.92. The topological polar surface area (TPSA) is 42.2 Å². The van der Waals surface area contributed by atoms with Crippen LogP contribution in [0.3, 0.4) is 0 Å². The average molecular weight is 205 g/mol. The van der Waals surface area contributed by atoms with E-state index in [-0.39, 0.29) is 0 Å². The van der Waals surface area contributed by atoms with Crippen LogP contribution in [0.15, 0.2) is 18.3 Å². The summed E-state index contributed by atoms with van der Waals surface area (Å²) in [5, 5.41) is 0. The molecule has 1 fully saturated rings. The molecule has 0 aliphatic carbocycles. The maximum absolute atomic E-state index is 5.94. The van der Waals surface area contributed by atoms with E-state index >= 15 is 0 Å². The highest BCUT2D eigenvalue weighted by Gasteiger charge is 2.23. The van der Waals surface area contributed by atoms with Crippen LogP contribution in [0, 0.1) is 11.8 Å². The van der Waals surface area contributed by atoms with Crippen LogP contribution in [-0.4, -0.2) is 18.1 Å². The number of nitrogen functional groups attached to an aromatic ring is 1. The lowest BCUT2D eigenvalue weighted by Gasteiger charge is -2.36. The van der Waals surface area contributed by atoms with E-state index in [1.54, 1.807) is 0 Å². The summed E-state index contributed by atoms with van der Waals surface area (Å²) in [4.78, 5) is 6.69. The van der Waals surface area contributed by atoms with Gasteiger partial charge in [0.2, 0.25) is 0 Å². The van der Waals surface area contributed by atoms with Crippen LogP contribution in [-0.2, 0) is 0 Å². The zero-order valence-corrected chi connectivity index (χ0v) is 9.48. The maximum atomic E-state index is 5.94. The van der Waals surface area contributed by atoms with Crippen LogP contribution in [0.5, 0.6) is 0 Å². The predicted octanol–water partition coefficient (Wildman–Crippen LogP) is 2.15. The summed E-state index contributed by atoms with van der Waals surface area (Å²) >= 11 is 0. The third-order valence-electron chi connectivity index (χ3n) is 2.99. The number of aromatic nitrogens is 1. The number of nitrogens with two attached hydrogens (primary N) is 1. The molecule has 0 spiro atoms. The Hall–Kier alpha value is -1.25. The Morgan fingerprint density at radius 1 is 1.33 bits per heavy atom. The highest BCUT2D eigenvalue weighted by Crippen LogP contribution is 2.27. The Morgan fingerprint density at radius 2 is 2.00 bits per heavy atom. The molecule has 15 heavy (non-hydrogen) atoms. The fourth-order valence-electron chi connectivity index (χ4n) is 2.51. The van der Waals surface area contributed by atoms with Gasteiger partial charge in [-0.15, -0.1) is 0 Å². The molecule has 0 aromatic carbocycles. The van der Waals surface area contributed by atoms with Crippen molar-refractivity contribution in [2.45, 2.75) is 20.3 Å². The van der Waals surface area contributed by atoms with Crippen molar-refractivity contribution in [3.8, 4) is 0 Å². The molecule has 2 atom stereocenters. The highest BCUT2D eigenvalue weighted by atomic mass is 15.2. The van der Waals surface area contributed by atoms with Crippen LogP contribution in [0.1, 0.15) is 20.3 Å². The van der Waals surface area contributed by atoms with E-state index in [0.717, 1.165) is 36.4 Å². The lowest BCUT2D eigenvalue weighted by molar-refractivity contribution is 0.355. The van der Waals surface area contributed by atoms with Gasteiger partial charge in [0, 0.05) is 19.3 Å². The molecule has 1 aliphatic rings. The minimum atomic E-state index is 0.732. The molecule has 1 aliphatic heterocycles. The first-order valence-electron chi connectivity index (χ1n) is 5.62. The number of hydrogen-bond donors (Lipinski definition) is 1. The Kier molecular flexibility index (Phi) is 2.80. The maximum Gasteiger partial charge on any atom is 0.151 e. The van der Waals surface area contributed by atoms with E-state index in [1.165, 1.54) is 6.42 Å². The predicted molar refractivity (Wildman–Crippen MR) is 63.8 cm³/mol. The van der Waals surface area contributed by atoms with Gasteiger partial charge in [-0.25, -0.2) is 4.98 Å². The Labute approximate surface area is 91.3 Å². The molecular weight excluding hydrogens is 186 g/mol. The SMILES string of the molecule is CC1CC(C)CN(c2ncccc2N)C1. The van der Waals surface area contributed by atoms with Crippen LogP contribution in [0.25, 0.3) is 0 Å². The van der Waals surface area contributed by atoms with E-state index in [2.05, 4.69) is 23.7 Å². The smallest absolute Gasteiger partial charge is 0.151 e. The van der Waals surface area contributed by atoms with Gasteiger partial charge in [0.05, 0.1) is 5.69 Å². The molecule has 1 aromatic heterocycles. The van der Waals surface area contributed by atoms with Crippen LogP contribution in [0.4, 0.5) is 11.5 Å². The van der Waals surface area contributed by atoms with Gasteiger partial charge < -0.3 is 10.6 Å².